The van der Waals surface area contributed by atoms with E-state index >= 15 is 0 Å². The second-order valence-corrected chi connectivity index (χ2v) is 8.88. The molecule has 2 amide bonds. The summed E-state index contributed by atoms with van der Waals surface area (Å²) < 4.78 is 1.82. The molecule has 1 aromatic heterocycles. The third-order valence-electron chi connectivity index (χ3n) is 5.23. The number of benzene rings is 1. The lowest BCUT2D eigenvalue weighted by Gasteiger charge is -2.23. The predicted octanol–water partition coefficient (Wildman–Crippen LogP) is 1.90. The molecule has 0 aliphatic heterocycles. The predicted molar refractivity (Wildman–Crippen MR) is 123 cm³/mol. The van der Waals surface area contributed by atoms with E-state index in [2.05, 4.69) is 15.2 Å². The SMILES string of the molecule is CN(C)CCCn1c2c(c(SCC(=O)Nc3ccc(C(N)=O)cc3)nc1=O)CCCC2. The fourth-order valence-electron chi connectivity index (χ4n) is 3.69. The standard InChI is InChI=1S/C22H29N5O3S/c1-26(2)12-5-13-27-18-7-4-3-6-17(18)21(25-22(27)30)31-14-19(28)24-16-10-8-15(9-11-16)20(23)29/h8-11H,3-7,12-14H2,1-2H3,(H2,23,29)(H,24,28). The van der Waals surface area contributed by atoms with E-state index in [1.54, 1.807) is 24.3 Å². The summed E-state index contributed by atoms with van der Waals surface area (Å²) in [6.07, 6.45) is 4.78. The maximum absolute atomic E-state index is 12.7. The minimum Gasteiger partial charge on any atom is -0.366 e. The zero-order valence-corrected chi connectivity index (χ0v) is 18.8. The number of amides is 2. The Bertz CT molecular complexity index is 1000. The van der Waals surface area contributed by atoms with Gasteiger partial charge in [0.25, 0.3) is 0 Å². The Kier molecular flexibility index (Phi) is 7.86. The van der Waals surface area contributed by atoms with Gasteiger partial charge in [0.1, 0.15) is 5.03 Å². The number of aromatic nitrogens is 2. The molecular weight excluding hydrogens is 414 g/mol. The first kappa shape index (κ1) is 23.0. The summed E-state index contributed by atoms with van der Waals surface area (Å²) in [5, 5.41) is 3.46. The smallest absolute Gasteiger partial charge is 0.348 e. The Balaban J connectivity index is 1.68. The Morgan fingerprint density at radius 3 is 2.58 bits per heavy atom. The first-order valence-corrected chi connectivity index (χ1v) is 11.4. The molecule has 3 N–H and O–H groups in total. The van der Waals surface area contributed by atoms with Crippen molar-refractivity contribution >= 4 is 29.3 Å². The van der Waals surface area contributed by atoms with Crippen molar-refractivity contribution in [2.45, 2.75) is 43.7 Å². The van der Waals surface area contributed by atoms with E-state index in [1.807, 2.05) is 18.7 Å². The maximum Gasteiger partial charge on any atom is 0.348 e. The molecule has 2 aromatic rings. The molecule has 31 heavy (non-hydrogen) atoms. The number of hydrogen-bond donors (Lipinski definition) is 2. The highest BCUT2D eigenvalue weighted by Gasteiger charge is 2.21. The van der Waals surface area contributed by atoms with Crippen LogP contribution in [0.25, 0.3) is 0 Å². The third-order valence-corrected chi connectivity index (χ3v) is 6.25. The van der Waals surface area contributed by atoms with Gasteiger partial charge in [0.05, 0.1) is 5.75 Å². The van der Waals surface area contributed by atoms with Crippen LogP contribution in [-0.4, -0.2) is 52.7 Å². The van der Waals surface area contributed by atoms with Crippen LogP contribution < -0.4 is 16.7 Å². The van der Waals surface area contributed by atoms with Crippen molar-refractivity contribution < 1.29 is 9.59 Å². The third kappa shape index (κ3) is 6.18. The topological polar surface area (TPSA) is 110 Å². The number of rotatable bonds is 9. The second kappa shape index (κ2) is 10.6. The second-order valence-electron chi connectivity index (χ2n) is 7.92. The molecule has 8 nitrogen and oxygen atoms in total. The highest BCUT2D eigenvalue weighted by Crippen LogP contribution is 2.28. The first-order chi connectivity index (χ1) is 14.8. The van der Waals surface area contributed by atoms with Crippen LogP contribution in [0.2, 0.25) is 0 Å². The molecule has 0 spiro atoms. The summed E-state index contributed by atoms with van der Waals surface area (Å²) in [7, 11) is 4.04. The fourth-order valence-corrected chi connectivity index (χ4v) is 4.57. The van der Waals surface area contributed by atoms with Crippen molar-refractivity contribution in [1.29, 1.82) is 0 Å². The van der Waals surface area contributed by atoms with Gasteiger partial charge in [-0.15, -0.1) is 0 Å². The summed E-state index contributed by atoms with van der Waals surface area (Å²) in [5.74, 6) is -0.555. The van der Waals surface area contributed by atoms with Crippen molar-refractivity contribution in [3.05, 3.63) is 51.6 Å². The molecule has 0 saturated heterocycles. The monoisotopic (exact) mass is 443 g/mol. The highest BCUT2D eigenvalue weighted by molar-refractivity contribution is 8.00. The molecule has 0 atom stereocenters. The van der Waals surface area contributed by atoms with E-state index in [-0.39, 0.29) is 17.3 Å². The van der Waals surface area contributed by atoms with Gasteiger partial charge in [-0.25, -0.2) is 4.79 Å². The van der Waals surface area contributed by atoms with Crippen molar-refractivity contribution in [1.82, 2.24) is 14.5 Å². The molecule has 1 aliphatic carbocycles. The first-order valence-electron chi connectivity index (χ1n) is 10.4. The van der Waals surface area contributed by atoms with Gasteiger partial charge in [0, 0.05) is 29.1 Å². The molecule has 1 aliphatic rings. The number of hydrogen-bond acceptors (Lipinski definition) is 6. The van der Waals surface area contributed by atoms with Gasteiger partial charge in [0.15, 0.2) is 0 Å². The Morgan fingerprint density at radius 1 is 1.19 bits per heavy atom. The molecule has 3 rings (SSSR count). The summed E-state index contributed by atoms with van der Waals surface area (Å²) in [6.45, 7) is 1.58. The number of nitrogens with zero attached hydrogens (tertiary/aromatic N) is 3. The molecule has 0 fully saturated rings. The van der Waals surface area contributed by atoms with Gasteiger partial charge >= 0.3 is 5.69 Å². The van der Waals surface area contributed by atoms with E-state index in [0.717, 1.165) is 49.9 Å². The summed E-state index contributed by atoms with van der Waals surface area (Å²) >= 11 is 1.30. The zero-order valence-electron chi connectivity index (χ0n) is 18.0. The molecule has 0 bridgehead atoms. The minimum atomic E-state index is -0.513. The van der Waals surface area contributed by atoms with Crippen LogP contribution in [0.1, 0.15) is 40.9 Å². The van der Waals surface area contributed by atoms with Crippen LogP contribution in [0.3, 0.4) is 0 Å². The van der Waals surface area contributed by atoms with Crippen molar-refractivity contribution in [2.75, 3.05) is 31.7 Å². The van der Waals surface area contributed by atoms with E-state index < -0.39 is 5.91 Å². The van der Waals surface area contributed by atoms with E-state index in [1.165, 1.54) is 11.8 Å². The van der Waals surface area contributed by atoms with Crippen LogP contribution in [0.5, 0.6) is 0 Å². The number of carbonyl (C=O) groups excluding carboxylic acids is 2. The number of nitrogens with one attached hydrogen (secondary N) is 1. The highest BCUT2D eigenvalue weighted by atomic mass is 32.2. The molecule has 1 aromatic carbocycles. The molecule has 0 unspecified atom stereocenters. The van der Waals surface area contributed by atoms with E-state index in [9.17, 15) is 14.4 Å². The Labute approximate surface area is 186 Å². The molecular formula is C22H29N5O3S. The van der Waals surface area contributed by atoms with E-state index in [0.29, 0.717) is 22.8 Å². The van der Waals surface area contributed by atoms with Crippen LogP contribution >= 0.6 is 11.8 Å². The number of carbonyl (C=O) groups is 2. The molecule has 1 heterocycles. The number of primary amides is 1. The fraction of sp³-hybridized carbons (Fsp3) is 0.455. The van der Waals surface area contributed by atoms with Gasteiger partial charge in [0.2, 0.25) is 11.8 Å². The average molecular weight is 444 g/mol. The molecule has 166 valence electrons. The van der Waals surface area contributed by atoms with Gasteiger partial charge < -0.3 is 16.0 Å². The summed E-state index contributed by atoms with van der Waals surface area (Å²) in [4.78, 5) is 42.7. The van der Waals surface area contributed by atoms with Gasteiger partial charge in [-0.2, -0.15) is 4.98 Å². The average Bonchev–Trinajstić information content (AvgIpc) is 2.74. The number of thioether (sulfide) groups is 1. The largest absolute Gasteiger partial charge is 0.366 e. The summed E-state index contributed by atoms with van der Waals surface area (Å²) in [6, 6.07) is 6.41. The van der Waals surface area contributed by atoms with E-state index in [4.69, 9.17) is 5.73 Å². The molecule has 9 heteroatoms. The lowest BCUT2D eigenvalue weighted by atomic mass is 9.97. The van der Waals surface area contributed by atoms with Crippen molar-refractivity contribution in [2.24, 2.45) is 5.73 Å². The van der Waals surface area contributed by atoms with Crippen molar-refractivity contribution in [3.8, 4) is 0 Å². The van der Waals surface area contributed by atoms with Gasteiger partial charge in [-0.3, -0.25) is 14.2 Å². The normalized spacial score (nSPS) is 13.1. The Hall–Kier alpha value is -2.65. The zero-order chi connectivity index (χ0) is 22.4. The lowest BCUT2D eigenvalue weighted by Crippen LogP contribution is -2.31. The number of fused-ring (bicyclic) bond motifs is 1. The lowest BCUT2D eigenvalue weighted by molar-refractivity contribution is -0.113. The quantitative estimate of drug-likeness (QED) is 0.452. The number of anilines is 1. The minimum absolute atomic E-state index is 0.154. The van der Waals surface area contributed by atoms with Crippen molar-refractivity contribution in [3.63, 3.8) is 0 Å². The molecule has 0 radical (unpaired) electrons. The summed E-state index contributed by atoms with van der Waals surface area (Å²) in [5.41, 5.74) is 8.16. The van der Waals surface area contributed by atoms with Gasteiger partial charge in [-0.05, 0) is 77.0 Å². The maximum atomic E-state index is 12.7. The van der Waals surface area contributed by atoms with Crippen LogP contribution in [0.15, 0.2) is 34.1 Å². The Morgan fingerprint density at radius 2 is 1.90 bits per heavy atom. The van der Waals surface area contributed by atoms with Crippen LogP contribution in [0.4, 0.5) is 5.69 Å². The van der Waals surface area contributed by atoms with Gasteiger partial charge in [-0.1, -0.05) is 11.8 Å². The number of nitrogens with two attached hydrogens (primary N) is 1. The van der Waals surface area contributed by atoms with Crippen LogP contribution in [-0.2, 0) is 24.2 Å². The van der Waals surface area contributed by atoms with Crippen LogP contribution in [0, 0.1) is 0 Å². The molecule has 0 saturated carbocycles.